The van der Waals surface area contributed by atoms with E-state index in [1.807, 2.05) is 11.3 Å². The molecular formula is C24H34N2OS. The van der Waals surface area contributed by atoms with Crippen molar-refractivity contribution in [1.29, 1.82) is 0 Å². The van der Waals surface area contributed by atoms with E-state index in [0.29, 0.717) is 0 Å². The Morgan fingerprint density at radius 1 is 1.21 bits per heavy atom. The van der Waals surface area contributed by atoms with Crippen molar-refractivity contribution in [2.24, 2.45) is 11.1 Å². The lowest BCUT2D eigenvalue weighted by molar-refractivity contribution is -0.121. The van der Waals surface area contributed by atoms with Gasteiger partial charge in [0.15, 0.2) is 0 Å². The van der Waals surface area contributed by atoms with Gasteiger partial charge in [-0.2, -0.15) is 0 Å². The molecule has 1 aromatic heterocycles. The standard InChI is InChI=1S/C24H34N2OS/c1-15-12-18(13-16(2)19(15)20(22(25)27)23(3,4)5)26-10-9-24(6,7)21-17(14-26)8-11-28-21/h8,11-13,20H,9-10,14H2,1-7H3,(H2,25,27). The number of anilines is 1. The molecule has 0 spiro atoms. The molecule has 2 heterocycles. The first-order valence-electron chi connectivity index (χ1n) is 10.1. The molecule has 1 unspecified atom stereocenters. The summed E-state index contributed by atoms with van der Waals surface area (Å²) in [4.78, 5) is 16.3. The van der Waals surface area contributed by atoms with E-state index in [0.717, 1.165) is 36.2 Å². The zero-order valence-corrected chi connectivity index (χ0v) is 19.2. The maximum Gasteiger partial charge on any atom is 0.225 e. The van der Waals surface area contributed by atoms with Crippen LogP contribution < -0.4 is 10.6 Å². The summed E-state index contributed by atoms with van der Waals surface area (Å²) in [6.45, 7) is 17.2. The number of rotatable bonds is 3. The summed E-state index contributed by atoms with van der Waals surface area (Å²) in [5, 5.41) is 2.22. The number of nitrogens with zero attached hydrogens (tertiary/aromatic N) is 1. The summed E-state index contributed by atoms with van der Waals surface area (Å²) < 4.78 is 0. The van der Waals surface area contributed by atoms with Gasteiger partial charge in [-0.25, -0.2) is 0 Å². The summed E-state index contributed by atoms with van der Waals surface area (Å²) >= 11 is 1.88. The van der Waals surface area contributed by atoms with E-state index in [-0.39, 0.29) is 22.7 Å². The fourth-order valence-electron chi connectivity index (χ4n) is 4.68. The second-order valence-electron chi connectivity index (χ2n) is 10.0. The summed E-state index contributed by atoms with van der Waals surface area (Å²) in [5.41, 5.74) is 11.9. The van der Waals surface area contributed by atoms with Gasteiger partial charge in [-0.1, -0.05) is 34.6 Å². The van der Waals surface area contributed by atoms with Crippen LogP contribution >= 0.6 is 11.3 Å². The third kappa shape index (κ3) is 3.84. The lowest BCUT2D eigenvalue weighted by Crippen LogP contribution is -2.33. The Morgan fingerprint density at radius 2 is 1.82 bits per heavy atom. The fourth-order valence-corrected chi connectivity index (χ4v) is 5.75. The number of amides is 1. The molecule has 2 N–H and O–H groups in total. The summed E-state index contributed by atoms with van der Waals surface area (Å²) in [7, 11) is 0. The van der Waals surface area contributed by atoms with Gasteiger partial charge in [0, 0.05) is 29.1 Å². The molecule has 2 aromatic rings. The Kier molecular flexibility index (Phi) is 5.39. The van der Waals surface area contributed by atoms with Gasteiger partial charge in [-0.15, -0.1) is 11.3 Å². The molecule has 1 atom stereocenters. The van der Waals surface area contributed by atoms with Crippen molar-refractivity contribution in [1.82, 2.24) is 0 Å². The Bertz CT molecular complexity index is 865. The van der Waals surface area contributed by atoms with E-state index in [1.165, 1.54) is 16.1 Å². The minimum absolute atomic E-state index is 0.207. The highest BCUT2D eigenvalue weighted by Crippen LogP contribution is 2.42. The largest absolute Gasteiger partial charge is 0.369 e. The molecular weight excluding hydrogens is 364 g/mol. The molecule has 28 heavy (non-hydrogen) atoms. The van der Waals surface area contributed by atoms with Gasteiger partial charge >= 0.3 is 0 Å². The predicted octanol–water partition coefficient (Wildman–Crippen LogP) is 5.67. The van der Waals surface area contributed by atoms with Gasteiger partial charge in [0.05, 0.1) is 5.92 Å². The number of hydrogen-bond acceptors (Lipinski definition) is 3. The third-order valence-corrected chi connectivity index (χ3v) is 7.43. The zero-order chi connectivity index (χ0) is 20.9. The van der Waals surface area contributed by atoms with Crippen LogP contribution in [0.5, 0.6) is 0 Å². The SMILES string of the molecule is Cc1cc(N2CCC(C)(C)c3sccc3C2)cc(C)c1C(C(N)=O)C(C)(C)C. The number of fused-ring (bicyclic) bond motifs is 1. The molecule has 1 amide bonds. The van der Waals surface area contributed by atoms with E-state index >= 15 is 0 Å². The Labute approximate surface area is 173 Å². The molecule has 1 aliphatic rings. The van der Waals surface area contributed by atoms with Gasteiger partial charge < -0.3 is 10.6 Å². The topological polar surface area (TPSA) is 46.3 Å². The van der Waals surface area contributed by atoms with Crippen LogP contribution in [0.2, 0.25) is 0 Å². The second kappa shape index (κ2) is 7.22. The van der Waals surface area contributed by atoms with Crippen molar-refractivity contribution in [3.63, 3.8) is 0 Å². The lowest BCUT2D eigenvalue weighted by Gasteiger charge is -2.32. The van der Waals surface area contributed by atoms with Crippen LogP contribution in [-0.2, 0) is 16.8 Å². The van der Waals surface area contributed by atoms with Crippen LogP contribution in [0, 0.1) is 19.3 Å². The molecule has 0 aliphatic carbocycles. The average Bonchev–Trinajstić information content (AvgIpc) is 2.97. The maximum absolute atomic E-state index is 12.3. The first-order chi connectivity index (χ1) is 12.9. The van der Waals surface area contributed by atoms with E-state index < -0.39 is 0 Å². The number of carbonyl (C=O) groups excluding carboxylic acids is 1. The molecule has 0 saturated heterocycles. The minimum atomic E-state index is -0.284. The van der Waals surface area contributed by atoms with E-state index in [1.54, 1.807) is 0 Å². The van der Waals surface area contributed by atoms with E-state index in [4.69, 9.17) is 5.73 Å². The highest BCUT2D eigenvalue weighted by molar-refractivity contribution is 7.10. The molecule has 3 nitrogen and oxygen atoms in total. The van der Waals surface area contributed by atoms with Crippen molar-refractivity contribution < 1.29 is 4.79 Å². The highest BCUT2D eigenvalue weighted by Gasteiger charge is 2.34. The number of nitrogens with two attached hydrogens (primary N) is 1. The van der Waals surface area contributed by atoms with Crippen LogP contribution in [-0.4, -0.2) is 12.5 Å². The Morgan fingerprint density at radius 3 is 2.36 bits per heavy atom. The summed E-state index contributed by atoms with van der Waals surface area (Å²) in [6, 6.07) is 6.76. The van der Waals surface area contributed by atoms with Gasteiger partial charge in [0.1, 0.15) is 0 Å². The molecule has 1 aliphatic heterocycles. The smallest absolute Gasteiger partial charge is 0.225 e. The molecule has 1 aromatic carbocycles. The summed E-state index contributed by atoms with van der Waals surface area (Å²) in [5.74, 6) is -0.529. The van der Waals surface area contributed by atoms with Crippen molar-refractivity contribution >= 4 is 22.9 Å². The van der Waals surface area contributed by atoms with Gasteiger partial charge in [0.2, 0.25) is 5.91 Å². The average molecular weight is 399 g/mol. The Balaban J connectivity index is 2.01. The number of primary amides is 1. The number of thiophene rings is 1. The van der Waals surface area contributed by atoms with Crippen molar-refractivity contribution in [2.45, 2.75) is 72.8 Å². The van der Waals surface area contributed by atoms with Gasteiger partial charge in [-0.3, -0.25) is 4.79 Å². The number of hydrogen-bond donors (Lipinski definition) is 1. The molecule has 0 fully saturated rings. The van der Waals surface area contributed by atoms with Crippen LogP contribution in [0.1, 0.15) is 74.1 Å². The van der Waals surface area contributed by atoms with Crippen molar-refractivity contribution in [3.8, 4) is 0 Å². The van der Waals surface area contributed by atoms with E-state index in [9.17, 15) is 4.79 Å². The van der Waals surface area contributed by atoms with Crippen LogP contribution in [0.25, 0.3) is 0 Å². The molecule has 152 valence electrons. The van der Waals surface area contributed by atoms with Gasteiger partial charge in [-0.05, 0) is 71.5 Å². The van der Waals surface area contributed by atoms with Crippen molar-refractivity contribution in [2.75, 3.05) is 11.4 Å². The monoisotopic (exact) mass is 398 g/mol. The quantitative estimate of drug-likeness (QED) is 0.724. The van der Waals surface area contributed by atoms with Crippen LogP contribution in [0.4, 0.5) is 5.69 Å². The molecule has 4 heteroatoms. The minimum Gasteiger partial charge on any atom is -0.369 e. The highest BCUT2D eigenvalue weighted by atomic mass is 32.1. The third-order valence-electron chi connectivity index (χ3n) is 6.11. The Hall–Kier alpha value is -1.81. The lowest BCUT2D eigenvalue weighted by atomic mass is 9.73. The van der Waals surface area contributed by atoms with Crippen molar-refractivity contribution in [3.05, 3.63) is 50.7 Å². The molecule has 0 saturated carbocycles. The normalized spacial score (nSPS) is 17.8. The maximum atomic E-state index is 12.3. The predicted molar refractivity (Wildman–Crippen MR) is 120 cm³/mol. The molecule has 3 rings (SSSR count). The number of carbonyl (C=O) groups is 1. The first kappa shape index (κ1) is 20.9. The fraction of sp³-hybridized carbons (Fsp3) is 0.542. The first-order valence-corrected chi connectivity index (χ1v) is 11.0. The second-order valence-corrected chi connectivity index (χ2v) is 10.9. The molecule has 0 radical (unpaired) electrons. The van der Waals surface area contributed by atoms with Crippen LogP contribution in [0.15, 0.2) is 23.6 Å². The van der Waals surface area contributed by atoms with E-state index in [2.05, 4.69) is 76.9 Å². The molecule has 0 bridgehead atoms. The zero-order valence-electron chi connectivity index (χ0n) is 18.3. The van der Waals surface area contributed by atoms with Gasteiger partial charge in [0.25, 0.3) is 0 Å². The summed E-state index contributed by atoms with van der Waals surface area (Å²) in [6.07, 6.45) is 1.13. The number of benzene rings is 1. The number of aryl methyl sites for hydroxylation is 2. The van der Waals surface area contributed by atoms with Crippen LogP contribution in [0.3, 0.4) is 0 Å².